The number of nitrogens with zero attached hydrogens (tertiary/aromatic N) is 2. The van der Waals surface area contributed by atoms with Crippen molar-refractivity contribution in [1.82, 2.24) is 9.80 Å². The predicted molar refractivity (Wildman–Crippen MR) is 89.8 cm³/mol. The van der Waals surface area contributed by atoms with Crippen molar-refractivity contribution in [3.8, 4) is 0 Å². The van der Waals surface area contributed by atoms with Crippen molar-refractivity contribution >= 4 is 11.6 Å². The Morgan fingerprint density at radius 1 is 1.05 bits per heavy atom. The molecule has 0 aromatic heterocycles. The summed E-state index contributed by atoms with van der Waals surface area (Å²) in [6, 6.07) is 7.37. The van der Waals surface area contributed by atoms with Gasteiger partial charge in [0, 0.05) is 38.4 Å². The van der Waals surface area contributed by atoms with Gasteiger partial charge in [-0.3, -0.25) is 9.69 Å². The van der Waals surface area contributed by atoms with Crippen molar-refractivity contribution in [2.75, 3.05) is 38.5 Å². The number of amides is 1. The standard InChI is InChI=1S/C18H27N3O/c19-17-9-5-4-8-16(17)18(22)21-12-10-20(11-13-21)14-15-6-2-1-3-7-15/h4-5,8-9,15H,1-3,6-7,10-14,19H2. The number of anilines is 1. The first-order chi connectivity index (χ1) is 10.7. The number of nitrogen functional groups attached to an aromatic ring is 1. The molecule has 1 saturated heterocycles. The van der Waals surface area contributed by atoms with E-state index in [4.69, 9.17) is 5.73 Å². The maximum absolute atomic E-state index is 12.5. The van der Waals surface area contributed by atoms with E-state index in [-0.39, 0.29) is 5.91 Å². The Bertz CT molecular complexity index is 503. The summed E-state index contributed by atoms with van der Waals surface area (Å²) >= 11 is 0. The third kappa shape index (κ3) is 3.61. The van der Waals surface area contributed by atoms with E-state index in [1.807, 2.05) is 23.1 Å². The van der Waals surface area contributed by atoms with Crippen molar-refractivity contribution in [2.45, 2.75) is 32.1 Å². The van der Waals surface area contributed by atoms with Gasteiger partial charge in [0.1, 0.15) is 0 Å². The van der Waals surface area contributed by atoms with Gasteiger partial charge in [0.2, 0.25) is 0 Å². The fourth-order valence-corrected chi connectivity index (χ4v) is 3.73. The molecule has 1 aliphatic heterocycles. The van der Waals surface area contributed by atoms with Gasteiger partial charge in [-0.25, -0.2) is 0 Å². The molecule has 2 fully saturated rings. The van der Waals surface area contributed by atoms with Crippen LogP contribution in [-0.4, -0.2) is 48.4 Å². The Morgan fingerprint density at radius 2 is 1.73 bits per heavy atom. The third-order valence-electron chi connectivity index (χ3n) is 5.09. The molecule has 120 valence electrons. The summed E-state index contributed by atoms with van der Waals surface area (Å²) in [6.45, 7) is 4.85. The highest BCUT2D eigenvalue weighted by atomic mass is 16.2. The van der Waals surface area contributed by atoms with Crippen LogP contribution in [0.15, 0.2) is 24.3 Å². The first kappa shape index (κ1) is 15.3. The van der Waals surface area contributed by atoms with E-state index in [0.717, 1.165) is 32.1 Å². The van der Waals surface area contributed by atoms with Crippen LogP contribution in [0.2, 0.25) is 0 Å². The van der Waals surface area contributed by atoms with Crippen molar-refractivity contribution in [3.05, 3.63) is 29.8 Å². The van der Waals surface area contributed by atoms with Gasteiger partial charge in [-0.2, -0.15) is 0 Å². The fourth-order valence-electron chi connectivity index (χ4n) is 3.73. The van der Waals surface area contributed by atoms with E-state index in [2.05, 4.69) is 4.90 Å². The Labute approximate surface area is 133 Å². The number of para-hydroxylation sites is 1. The molecule has 3 rings (SSSR count). The topological polar surface area (TPSA) is 49.6 Å². The van der Waals surface area contributed by atoms with Gasteiger partial charge in [-0.05, 0) is 30.9 Å². The molecule has 0 unspecified atom stereocenters. The Morgan fingerprint density at radius 3 is 2.41 bits per heavy atom. The minimum atomic E-state index is 0.0791. The number of benzene rings is 1. The summed E-state index contributed by atoms with van der Waals surface area (Å²) in [4.78, 5) is 17.0. The van der Waals surface area contributed by atoms with Gasteiger partial charge in [-0.1, -0.05) is 31.4 Å². The van der Waals surface area contributed by atoms with Crippen LogP contribution in [0.25, 0.3) is 0 Å². The van der Waals surface area contributed by atoms with E-state index >= 15 is 0 Å². The lowest BCUT2D eigenvalue weighted by molar-refractivity contribution is 0.0607. The van der Waals surface area contributed by atoms with Crippen LogP contribution in [0.5, 0.6) is 0 Å². The summed E-state index contributed by atoms with van der Waals surface area (Å²) in [5, 5.41) is 0. The van der Waals surface area contributed by atoms with Crippen LogP contribution < -0.4 is 5.73 Å². The van der Waals surface area contributed by atoms with Crippen LogP contribution >= 0.6 is 0 Å². The first-order valence-corrected chi connectivity index (χ1v) is 8.60. The second kappa shape index (κ2) is 7.14. The molecule has 22 heavy (non-hydrogen) atoms. The first-order valence-electron chi connectivity index (χ1n) is 8.60. The maximum atomic E-state index is 12.5. The molecular weight excluding hydrogens is 274 g/mol. The second-order valence-electron chi connectivity index (χ2n) is 6.68. The van der Waals surface area contributed by atoms with Gasteiger partial charge in [-0.15, -0.1) is 0 Å². The molecule has 0 radical (unpaired) electrons. The van der Waals surface area contributed by atoms with Crippen LogP contribution in [0.3, 0.4) is 0 Å². The average Bonchev–Trinajstić information content (AvgIpc) is 2.56. The average molecular weight is 301 g/mol. The van der Waals surface area contributed by atoms with Crippen LogP contribution in [0.1, 0.15) is 42.5 Å². The lowest BCUT2D eigenvalue weighted by Gasteiger charge is -2.37. The summed E-state index contributed by atoms with van der Waals surface area (Å²) < 4.78 is 0. The summed E-state index contributed by atoms with van der Waals surface area (Å²) in [5.74, 6) is 0.955. The molecule has 0 bridgehead atoms. The molecule has 1 amide bonds. The number of rotatable bonds is 3. The molecule has 1 heterocycles. The molecule has 4 nitrogen and oxygen atoms in total. The van der Waals surface area contributed by atoms with Crippen molar-refractivity contribution < 1.29 is 4.79 Å². The fraction of sp³-hybridized carbons (Fsp3) is 0.611. The number of carbonyl (C=O) groups excluding carboxylic acids is 1. The quantitative estimate of drug-likeness (QED) is 0.873. The van der Waals surface area contributed by atoms with E-state index in [1.54, 1.807) is 6.07 Å². The minimum Gasteiger partial charge on any atom is -0.398 e. The van der Waals surface area contributed by atoms with E-state index in [1.165, 1.54) is 38.6 Å². The molecule has 4 heteroatoms. The Hall–Kier alpha value is -1.55. The number of hydrogen-bond donors (Lipinski definition) is 1. The number of hydrogen-bond acceptors (Lipinski definition) is 3. The summed E-state index contributed by atoms with van der Waals surface area (Å²) in [6.07, 6.45) is 6.99. The molecule has 0 spiro atoms. The van der Waals surface area contributed by atoms with Crippen molar-refractivity contribution in [1.29, 1.82) is 0 Å². The highest BCUT2D eigenvalue weighted by Crippen LogP contribution is 2.25. The lowest BCUT2D eigenvalue weighted by atomic mass is 9.89. The Balaban J connectivity index is 1.51. The lowest BCUT2D eigenvalue weighted by Crippen LogP contribution is -2.50. The van der Waals surface area contributed by atoms with Crippen LogP contribution in [0, 0.1) is 5.92 Å². The van der Waals surface area contributed by atoms with Gasteiger partial charge >= 0.3 is 0 Å². The third-order valence-corrected chi connectivity index (χ3v) is 5.09. The maximum Gasteiger partial charge on any atom is 0.256 e. The molecule has 1 aromatic carbocycles. The highest BCUT2D eigenvalue weighted by Gasteiger charge is 2.25. The zero-order valence-corrected chi connectivity index (χ0v) is 13.3. The molecule has 1 aromatic rings. The number of nitrogens with two attached hydrogens (primary N) is 1. The SMILES string of the molecule is Nc1ccccc1C(=O)N1CCN(CC2CCCCC2)CC1. The molecular formula is C18H27N3O. The summed E-state index contributed by atoms with van der Waals surface area (Å²) in [5.41, 5.74) is 7.14. The molecule has 1 aliphatic carbocycles. The second-order valence-corrected chi connectivity index (χ2v) is 6.68. The van der Waals surface area contributed by atoms with Gasteiger partial charge in [0.15, 0.2) is 0 Å². The van der Waals surface area contributed by atoms with E-state index in [0.29, 0.717) is 11.3 Å². The molecule has 2 N–H and O–H groups in total. The predicted octanol–water partition coefficient (Wildman–Crippen LogP) is 2.61. The van der Waals surface area contributed by atoms with Gasteiger partial charge in [0.25, 0.3) is 5.91 Å². The van der Waals surface area contributed by atoms with Crippen molar-refractivity contribution in [2.24, 2.45) is 5.92 Å². The molecule has 2 aliphatic rings. The van der Waals surface area contributed by atoms with E-state index in [9.17, 15) is 4.79 Å². The zero-order chi connectivity index (χ0) is 15.4. The molecule has 0 atom stereocenters. The number of carbonyl (C=O) groups is 1. The monoisotopic (exact) mass is 301 g/mol. The van der Waals surface area contributed by atoms with E-state index < -0.39 is 0 Å². The molecule has 1 saturated carbocycles. The largest absolute Gasteiger partial charge is 0.398 e. The zero-order valence-electron chi connectivity index (χ0n) is 13.3. The number of piperazine rings is 1. The van der Waals surface area contributed by atoms with Crippen LogP contribution in [0.4, 0.5) is 5.69 Å². The highest BCUT2D eigenvalue weighted by molar-refractivity contribution is 5.99. The van der Waals surface area contributed by atoms with Gasteiger partial charge in [0.05, 0.1) is 5.56 Å². The summed E-state index contributed by atoms with van der Waals surface area (Å²) in [7, 11) is 0. The smallest absolute Gasteiger partial charge is 0.256 e. The van der Waals surface area contributed by atoms with Gasteiger partial charge < -0.3 is 10.6 Å². The normalized spacial score (nSPS) is 21.0. The van der Waals surface area contributed by atoms with Crippen molar-refractivity contribution in [3.63, 3.8) is 0 Å². The Kier molecular flexibility index (Phi) is 4.98. The minimum absolute atomic E-state index is 0.0791. The van der Waals surface area contributed by atoms with Crippen LogP contribution in [-0.2, 0) is 0 Å².